The molecule has 0 fully saturated rings. The minimum atomic E-state index is -0.163. The van der Waals surface area contributed by atoms with Crippen LogP contribution in [0.5, 0.6) is 5.75 Å². The van der Waals surface area contributed by atoms with Gasteiger partial charge in [0.2, 0.25) is 0 Å². The number of amides is 1. The Morgan fingerprint density at radius 1 is 1.08 bits per heavy atom. The third kappa shape index (κ3) is 4.80. The lowest BCUT2D eigenvalue weighted by molar-refractivity contribution is 0.102. The number of hydrogen-bond acceptors (Lipinski definition) is 4. The van der Waals surface area contributed by atoms with Gasteiger partial charge in [0.15, 0.2) is 0 Å². The number of benzene rings is 2. The summed E-state index contributed by atoms with van der Waals surface area (Å²) in [7, 11) is 0. The Morgan fingerprint density at radius 3 is 2.88 bits per heavy atom. The standard InChI is InChI=1S/C21H22N2O3/c1-2-25-12-5-13-26-19-8-3-7-18(15-19)23-21(24)17-9-10-20-16(14-17)6-4-11-22-20/h3-4,6-11,14-15H,2,5,12-13H2,1H3,(H,23,24). The number of carbonyl (C=O) groups is 1. The fourth-order valence-electron chi connectivity index (χ4n) is 2.58. The smallest absolute Gasteiger partial charge is 0.255 e. The number of ether oxygens (including phenoxy) is 2. The van der Waals surface area contributed by atoms with E-state index in [1.54, 1.807) is 12.3 Å². The zero-order valence-electron chi connectivity index (χ0n) is 14.8. The van der Waals surface area contributed by atoms with Gasteiger partial charge in [0.05, 0.1) is 12.1 Å². The largest absolute Gasteiger partial charge is 0.493 e. The predicted octanol–water partition coefficient (Wildman–Crippen LogP) is 4.29. The molecule has 0 bridgehead atoms. The van der Waals surface area contributed by atoms with E-state index in [1.165, 1.54) is 0 Å². The van der Waals surface area contributed by atoms with Crippen LogP contribution in [-0.4, -0.2) is 30.7 Å². The van der Waals surface area contributed by atoms with Gasteiger partial charge in [-0.2, -0.15) is 0 Å². The summed E-state index contributed by atoms with van der Waals surface area (Å²) >= 11 is 0. The number of pyridine rings is 1. The van der Waals surface area contributed by atoms with Crippen LogP contribution in [-0.2, 0) is 4.74 Å². The molecule has 3 rings (SSSR count). The second kappa shape index (κ2) is 8.97. The number of carbonyl (C=O) groups excluding carboxylic acids is 1. The molecular formula is C21H22N2O3. The SMILES string of the molecule is CCOCCCOc1cccc(NC(=O)c2ccc3ncccc3c2)c1. The minimum absolute atomic E-state index is 0.163. The van der Waals surface area contributed by atoms with Crippen LogP contribution in [0.15, 0.2) is 60.8 Å². The third-order valence-electron chi connectivity index (χ3n) is 3.86. The molecule has 26 heavy (non-hydrogen) atoms. The van der Waals surface area contributed by atoms with E-state index in [0.29, 0.717) is 31.1 Å². The lowest BCUT2D eigenvalue weighted by Gasteiger charge is -2.10. The number of nitrogens with one attached hydrogen (secondary N) is 1. The van der Waals surface area contributed by atoms with Crippen LogP contribution in [0, 0.1) is 0 Å². The zero-order chi connectivity index (χ0) is 18.2. The van der Waals surface area contributed by atoms with E-state index in [9.17, 15) is 4.79 Å². The molecule has 0 aliphatic heterocycles. The normalized spacial score (nSPS) is 10.7. The molecule has 5 heteroatoms. The van der Waals surface area contributed by atoms with Crippen LogP contribution >= 0.6 is 0 Å². The van der Waals surface area contributed by atoms with E-state index in [0.717, 1.165) is 23.1 Å². The van der Waals surface area contributed by atoms with E-state index >= 15 is 0 Å². The van der Waals surface area contributed by atoms with E-state index in [-0.39, 0.29) is 5.91 Å². The minimum Gasteiger partial charge on any atom is -0.493 e. The summed E-state index contributed by atoms with van der Waals surface area (Å²) in [6.07, 6.45) is 2.57. The van der Waals surface area contributed by atoms with Crippen LogP contribution in [0.1, 0.15) is 23.7 Å². The molecular weight excluding hydrogens is 328 g/mol. The molecule has 0 saturated carbocycles. The average Bonchev–Trinajstić information content (AvgIpc) is 2.68. The quantitative estimate of drug-likeness (QED) is 0.616. The summed E-state index contributed by atoms with van der Waals surface area (Å²) in [5, 5.41) is 3.85. The molecule has 1 heterocycles. The lowest BCUT2D eigenvalue weighted by Crippen LogP contribution is -2.12. The molecule has 134 valence electrons. The van der Waals surface area contributed by atoms with Crippen molar-refractivity contribution in [1.82, 2.24) is 4.98 Å². The highest BCUT2D eigenvalue weighted by Gasteiger charge is 2.08. The molecule has 0 unspecified atom stereocenters. The van der Waals surface area contributed by atoms with Gasteiger partial charge in [-0.3, -0.25) is 9.78 Å². The number of anilines is 1. The van der Waals surface area contributed by atoms with Crippen LogP contribution in [0.4, 0.5) is 5.69 Å². The van der Waals surface area contributed by atoms with Crippen molar-refractivity contribution in [3.05, 3.63) is 66.4 Å². The van der Waals surface area contributed by atoms with Crippen molar-refractivity contribution in [2.75, 3.05) is 25.1 Å². The molecule has 1 aromatic heterocycles. The molecule has 0 atom stereocenters. The number of rotatable bonds is 8. The summed E-state index contributed by atoms with van der Waals surface area (Å²) < 4.78 is 11.0. The zero-order valence-corrected chi connectivity index (χ0v) is 14.8. The van der Waals surface area contributed by atoms with Crippen LogP contribution in [0.3, 0.4) is 0 Å². The first-order valence-electron chi connectivity index (χ1n) is 8.73. The van der Waals surface area contributed by atoms with Crippen molar-refractivity contribution >= 4 is 22.5 Å². The van der Waals surface area contributed by atoms with Gasteiger partial charge in [0, 0.05) is 48.5 Å². The van der Waals surface area contributed by atoms with Crippen LogP contribution in [0.2, 0.25) is 0 Å². The van der Waals surface area contributed by atoms with Gasteiger partial charge < -0.3 is 14.8 Å². The van der Waals surface area contributed by atoms with Gasteiger partial charge in [-0.25, -0.2) is 0 Å². The van der Waals surface area contributed by atoms with Crippen molar-refractivity contribution in [1.29, 1.82) is 0 Å². The summed E-state index contributed by atoms with van der Waals surface area (Å²) in [4.78, 5) is 16.8. The number of nitrogens with zero attached hydrogens (tertiary/aromatic N) is 1. The molecule has 0 spiro atoms. The third-order valence-corrected chi connectivity index (χ3v) is 3.86. The van der Waals surface area contributed by atoms with Crippen molar-refractivity contribution in [2.45, 2.75) is 13.3 Å². The van der Waals surface area contributed by atoms with Gasteiger partial charge in [-0.1, -0.05) is 12.1 Å². The van der Waals surface area contributed by atoms with Crippen molar-refractivity contribution in [3.63, 3.8) is 0 Å². The molecule has 1 amide bonds. The molecule has 0 radical (unpaired) electrons. The number of fused-ring (bicyclic) bond motifs is 1. The molecule has 5 nitrogen and oxygen atoms in total. The Hall–Kier alpha value is -2.92. The van der Waals surface area contributed by atoms with Crippen LogP contribution in [0.25, 0.3) is 10.9 Å². The van der Waals surface area contributed by atoms with Crippen molar-refractivity contribution < 1.29 is 14.3 Å². The average molecular weight is 350 g/mol. The molecule has 0 saturated heterocycles. The highest BCUT2D eigenvalue weighted by molar-refractivity contribution is 6.06. The number of aromatic nitrogens is 1. The number of hydrogen-bond donors (Lipinski definition) is 1. The van der Waals surface area contributed by atoms with Gasteiger partial charge >= 0.3 is 0 Å². The Labute approximate surface area is 153 Å². The highest BCUT2D eigenvalue weighted by Crippen LogP contribution is 2.19. The first-order chi connectivity index (χ1) is 12.8. The fraction of sp³-hybridized carbons (Fsp3) is 0.238. The second-order valence-electron chi connectivity index (χ2n) is 5.79. The topological polar surface area (TPSA) is 60.5 Å². The van der Waals surface area contributed by atoms with E-state index in [1.807, 2.05) is 55.5 Å². The van der Waals surface area contributed by atoms with Crippen molar-refractivity contribution in [3.8, 4) is 5.75 Å². The predicted molar refractivity (Wildman–Crippen MR) is 103 cm³/mol. The van der Waals surface area contributed by atoms with E-state index < -0.39 is 0 Å². The molecule has 0 aliphatic carbocycles. The molecule has 2 aromatic carbocycles. The maximum absolute atomic E-state index is 12.5. The first kappa shape index (κ1) is 17.9. The lowest BCUT2D eigenvalue weighted by atomic mass is 10.1. The summed E-state index contributed by atoms with van der Waals surface area (Å²) in [6, 6.07) is 16.7. The summed E-state index contributed by atoms with van der Waals surface area (Å²) in [6.45, 7) is 3.95. The Kier molecular flexibility index (Phi) is 6.17. The van der Waals surface area contributed by atoms with Gasteiger partial charge in [-0.05, 0) is 43.3 Å². The molecule has 1 N–H and O–H groups in total. The highest BCUT2D eigenvalue weighted by atomic mass is 16.5. The van der Waals surface area contributed by atoms with Gasteiger partial charge in [-0.15, -0.1) is 0 Å². The molecule has 0 aliphatic rings. The van der Waals surface area contributed by atoms with E-state index in [4.69, 9.17) is 9.47 Å². The van der Waals surface area contributed by atoms with Gasteiger partial charge in [0.25, 0.3) is 5.91 Å². The summed E-state index contributed by atoms with van der Waals surface area (Å²) in [5.41, 5.74) is 2.16. The maximum Gasteiger partial charge on any atom is 0.255 e. The van der Waals surface area contributed by atoms with Gasteiger partial charge in [0.1, 0.15) is 5.75 Å². The van der Waals surface area contributed by atoms with Crippen molar-refractivity contribution in [2.24, 2.45) is 0 Å². The molecule has 3 aromatic rings. The first-order valence-corrected chi connectivity index (χ1v) is 8.73. The monoisotopic (exact) mass is 350 g/mol. The maximum atomic E-state index is 12.5. The second-order valence-corrected chi connectivity index (χ2v) is 5.79. The fourth-order valence-corrected chi connectivity index (χ4v) is 2.58. The Bertz CT molecular complexity index is 880. The van der Waals surface area contributed by atoms with Crippen LogP contribution < -0.4 is 10.1 Å². The Morgan fingerprint density at radius 2 is 2.00 bits per heavy atom. The van der Waals surface area contributed by atoms with E-state index in [2.05, 4.69) is 10.3 Å². The Balaban J connectivity index is 1.62. The summed E-state index contributed by atoms with van der Waals surface area (Å²) in [5.74, 6) is 0.561.